The van der Waals surface area contributed by atoms with Crippen molar-refractivity contribution in [2.24, 2.45) is 0 Å². The highest BCUT2D eigenvalue weighted by Crippen LogP contribution is 2.19. The molecular weight excluding hydrogens is 438 g/mol. The Morgan fingerprint density at radius 2 is 1.71 bits per heavy atom. The molecule has 2 aromatic rings. The van der Waals surface area contributed by atoms with Gasteiger partial charge in [-0.15, -0.1) is 0 Å². The van der Waals surface area contributed by atoms with E-state index in [1.807, 2.05) is 38.1 Å². The highest BCUT2D eigenvalue weighted by Gasteiger charge is 2.31. The first-order chi connectivity index (χ1) is 14.6. The molecule has 2 amide bonds. The third-order valence-corrected chi connectivity index (χ3v) is 7.18. The van der Waals surface area contributed by atoms with E-state index in [-0.39, 0.29) is 17.3 Å². The topological polar surface area (TPSA) is 86.8 Å². The minimum atomic E-state index is -3.90. The van der Waals surface area contributed by atoms with Gasteiger partial charge in [0.05, 0.1) is 11.4 Å². The Kier molecular flexibility index (Phi) is 8.61. The Bertz CT molecular complexity index is 1030. The van der Waals surface area contributed by atoms with Gasteiger partial charge in [-0.3, -0.25) is 9.59 Å². The predicted octanol–water partition coefficient (Wildman–Crippen LogP) is 2.82. The van der Waals surface area contributed by atoms with Crippen molar-refractivity contribution in [2.75, 3.05) is 20.6 Å². The second-order valence-corrected chi connectivity index (χ2v) is 9.68. The van der Waals surface area contributed by atoms with Gasteiger partial charge in [0.15, 0.2) is 0 Å². The Hall–Kier alpha value is -2.42. The Labute approximate surface area is 189 Å². The van der Waals surface area contributed by atoms with Gasteiger partial charge in [-0.25, -0.2) is 8.42 Å². The molecule has 0 aliphatic rings. The lowest BCUT2D eigenvalue weighted by Crippen LogP contribution is -2.51. The predicted molar refractivity (Wildman–Crippen MR) is 121 cm³/mol. The average molecular weight is 466 g/mol. The number of rotatable bonds is 9. The van der Waals surface area contributed by atoms with E-state index < -0.39 is 28.5 Å². The molecule has 0 bridgehead atoms. The second kappa shape index (κ2) is 10.7. The molecule has 0 unspecified atom stereocenters. The van der Waals surface area contributed by atoms with Crippen molar-refractivity contribution in [1.29, 1.82) is 0 Å². The lowest BCUT2D eigenvalue weighted by atomic mass is 10.1. The number of sulfonamides is 1. The van der Waals surface area contributed by atoms with Gasteiger partial charge in [-0.05, 0) is 48.7 Å². The van der Waals surface area contributed by atoms with Gasteiger partial charge in [0.25, 0.3) is 0 Å². The van der Waals surface area contributed by atoms with Crippen molar-refractivity contribution in [3.63, 3.8) is 0 Å². The highest BCUT2D eigenvalue weighted by atomic mass is 35.5. The molecule has 9 heteroatoms. The van der Waals surface area contributed by atoms with Gasteiger partial charge in [-0.1, -0.05) is 42.8 Å². The van der Waals surface area contributed by atoms with Crippen LogP contribution in [0.5, 0.6) is 0 Å². The summed E-state index contributed by atoms with van der Waals surface area (Å²) in [6.45, 7) is 3.54. The maximum atomic E-state index is 13.2. The quantitative estimate of drug-likeness (QED) is 0.617. The fraction of sp³-hybridized carbons (Fsp3) is 0.364. The molecule has 168 valence electrons. The maximum Gasteiger partial charge on any atom is 0.243 e. The maximum absolute atomic E-state index is 13.2. The number of carbonyl (C=O) groups excluding carboxylic acids is 2. The van der Waals surface area contributed by atoms with Gasteiger partial charge in [0.1, 0.15) is 6.04 Å². The van der Waals surface area contributed by atoms with Gasteiger partial charge in [0.2, 0.25) is 21.8 Å². The van der Waals surface area contributed by atoms with Gasteiger partial charge < -0.3 is 10.2 Å². The van der Waals surface area contributed by atoms with Crippen molar-refractivity contribution in [2.45, 2.75) is 37.8 Å². The fourth-order valence-electron chi connectivity index (χ4n) is 3.21. The van der Waals surface area contributed by atoms with Crippen LogP contribution in [0.2, 0.25) is 5.02 Å². The second-order valence-electron chi connectivity index (χ2n) is 7.20. The van der Waals surface area contributed by atoms with E-state index >= 15 is 0 Å². The number of aryl methyl sites for hydroxylation is 1. The first kappa shape index (κ1) is 24.8. The van der Waals surface area contributed by atoms with E-state index in [0.29, 0.717) is 11.4 Å². The zero-order chi connectivity index (χ0) is 23.2. The summed E-state index contributed by atoms with van der Waals surface area (Å²) in [5.74, 6) is -0.758. The van der Waals surface area contributed by atoms with E-state index in [0.717, 1.165) is 15.4 Å². The van der Waals surface area contributed by atoms with Crippen LogP contribution in [0.15, 0.2) is 53.4 Å². The number of hydrogen-bond donors (Lipinski definition) is 1. The molecule has 0 fully saturated rings. The molecule has 31 heavy (non-hydrogen) atoms. The van der Waals surface area contributed by atoms with Crippen molar-refractivity contribution < 1.29 is 18.0 Å². The summed E-state index contributed by atoms with van der Waals surface area (Å²) in [5.41, 5.74) is 1.87. The highest BCUT2D eigenvalue weighted by molar-refractivity contribution is 7.89. The van der Waals surface area contributed by atoms with Crippen LogP contribution in [0.1, 0.15) is 24.5 Å². The zero-order valence-electron chi connectivity index (χ0n) is 18.1. The summed E-state index contributed by atoms with van der Waals surface area (Å²) in [6, 6.07) is 12.6. The summed E-state index contributed by atoms with van der Waals surface area (Å²) in [6.07, 6.45) is 0.394. The molecule has 0 saturated carbocycles. The summed E-state index contributed by atoms with van der Waals surface area (Å²) >= 11 is 5.84. The van der Waals surface area contributed by atoms with E-state index in [1.165, 1.54) is 43.3 Å². The third-order valence-electron chi connectivity index (χ3n) is 5.11. The molecule has 2 rings (SSSR count). The molecule has 1 N–H and O–H groups in total. The number of nitrogens with zero attached hydrogens (tertiary/aromatic N) is 2. The minimum Gasteiger partial charge on any atom is -0.357 e. The van der Waals surface area contributed by atoms with E-state index in [1.54, 1.807) is 0 Å². The van der Waals surface area contributed by atoms with Crippen molar-refractivity contribution in [1.82, 2.24) is 14.5 Å². The SMILES string of the molecule is CC[C@H](C(=O)NC)N(Cc1ccccc1C)C(=O)CN(C)S(=O)(=O)c1ccc(Cl)cc1. The number of halogens is 1. The number of likely N-dealkylation sites (N-methyl/N-ethyl adjacent to an activating group) is 2. The molecule has 7 nitrogen and oxygen atoms in total. The van der Waals surface area contributed by atoms with Gasteiger partial charge >= 0.3 is 0 Å². The summed E-state index contributed by atoms with van der Waals surface area (Å²) in [5, 5.41) is 3.00. The van der Waals surface area contributed by atoms with E-state index in [2.05, 4.69) is 5.32 Å². The molecule has 0 aromatic heterocycles. The first-order valence-corrected chi connectivity index (χ1v) is 11.7. The Morgan fingerprint density at radius 1 is 1.10 bits per heavy atom. The van der Waals surface area contributed by atoms with Crippen LogP contribution in [0, 0.1) is 6.92 Å². The lowest BCUT2D eigenvalue weighted by Gasteiger charge is -2.32. The molecule has 0 radical (unpaired) electrons. The third kappa shape index (κ3) is 6.06. The molecule has 0 aliphatic carbocycles. The van der Waals surface area contributed by atoms with Crippen LogP contribution in [-0.4, -0.2) is 56.1 Å². The average Bonchev–Trinajstić information content (AvgIpc) is 2.74. The molecule has 0 spiro atoms. The standard InChI is InChI=1S/C22H28ClN3O4S/c1-5-20(22(28)24-3)26(14-17-9-7-6-8-16(17)2)21(27)15-25(4)31(29,30)19-12-10-18(23)11-13-19/h6-13,20H,5,14-15H2,1-4H3,(H,24,28)/t20-/m1/s1. The molecular formula is C22H28ClN3O4S. The largest absolute Gasteiger partial charge is 0.357 e. The molecule has 2 aromatic carbocycles. The molecule has 1 atom stereocenters. The summed E-state index contributed by atoms with van der Waals surface area (Å²) in [7, 11) is -1.04. The summed E-state index contributed by atoms with van der Waals surface area (Å²) < 4.78 is 26.7. The molecule has 0 saturated heterocycles. The number of hydrogen-bond acceptors (Lipinski definition) is 4. The van der Waals surface area contributed by atoms with Crippen LogP contribution in [-0.2, 0) is 26.2 Å². The Balaban J connectivity index is 2.32. The first-order valence-electron chi connectivity index (χ1n) is 9.89. The number of nitrogens with one attached hydrogen (secondary N) is 1. The van der Waals surface area contributed by atoms with E-state index in [4.69, 9.17) is 11.6 Å². The molecule has 0 aliphatic heterocycles. The van der Waals surface area contributed by atoms with Gasteiger partial charge in [0, 0.05) is 25.7 Å². The van der Waals surface area contributed by atoms with Crippen LogP contribution in [0.3, 0.4) is 0 Å². The van der Waals surface area contributed by atoms with Crippen molar-refractivity contribution in [3.05, 3.63) is 64.7 Å². The van der Waals surface area contributed by atoms with Crippen LogP contribution in [0.4, 0.5) is 0 Å². The van der Waals surface area contributed by atoms with E-state index in [9.17, 15) is 18.0 Å². The fourth-order valence-corrected chi connectivity index (χ4v) is 4.46. The zero-order valence-corrected chi connectivity index (χ0v) is 19.7. The van der Waals surface area contributed by atoms with Crippen LogP contribution in [0.25, 0.3) is 0 Å². The van der Waals surface area contributed by atoms with Crippen molar-refractivity contribution >= 4 is 33.4 Å². The molecule has 0 heterocycles. The number of amides is 2. The van der Waals surface area contributed by atoms with Crippen molar-refractivity contribution in [3.8, 4) is 0 Å². The monoisotopic (exact) mass is 465 g/mol. The van der Waals surface area contributed by atoms with Crippen LogP contribution < -0.4 is 5.32 Å². The number of benzene rings is 2. The number of carbonyl (C=O) groups is 2. The minimum absolute atomic E-state index is 0.0380. The smallest absolute Gasteiger partial charge is 0.243 e. The summed E-state index contributed by atoms with van der Waals surface area (Å²) in [4.78, 5) is 27.2. The normalized spacial score (nSPS) is 12.5. The lowest BCUT2D eigenvalue weighted by molar-refractivity contribution is -0.141. The Morgan fingerprint density at radius 3 is 2.26 bits per heavy atom. The van der Waals surface area contributed by atoms with Gasteiger partial charge in [-0.2, -0.15) is 4.31 Å². The van der Waals surface area contributed by atoms with Crippen LogP contribution >= 0.6 is 11.6 Å².